The first-order valence-electron chi connectivity index (χ1n) is 32.2. The number of allylic oxidation sites excluding steroid dienone is 10. The number of hydrogen-bond donors (Lipinski definition) is 2. The minimum atomic E-state index is -4.76. The highest BCUT2D eigenvalue weighted by Gasteiger charge is 2.28. The van der Waals surface area contributed by atoms with Gasteiger partial charge in [-0.2, -0.15) is 0 Å². The lowest BCUT2D eigenvalue weighted by molar-refractivity contribution is -0.161. The largest absolute Gasteiger partial charge is 0.472 e. The molecule has 0 aliphatic heterocycles. The fraction of sp³-hybridized carbons (Fsp3) is 0.803. The summed E-state index contributed by atoms with van der Waals surface area (Å²) in [4.78, 5) is 48.7. The number of carbonyl (C=O) groups excluding carboxylic acids is 3. The van der Waals surface area contributed by atoms with Crippen LogP contribution in [0.5, 0.6) is 0 Å². The Morgan fingerprint density at radius 3 is 1.00 bits per heavy atom. The number of rotatable bonds is 60. The number of ether oxygens (including phenoxy) is 3. The second-order valence-corrected chi connectivity index (χ2v) is 23.0. The van der Waals surface area contributed by atoms with Crippen molar-refractivity contribution < 1.29 is 52.2 Å². The minimum absolute atomic E-state index is 0.159. The topological polar surface area (TPSA) is 155 Å². The van der Waals surface area contributed by atoms with Gasteiger partial charge in [-0.25, -0.2) is 4.57 Å². The molecule has 0 bridgehead atoms. The molecule has 11 nitrogen and oxygen atoms in total. The number of aliphatic hydroxyl groups is 1. The van der Waals surface area contributed by atoms with Crippen LogP contribution in [0.15, 0.2) is 60.8 Å². The van der Waals surface area contributed by atoms with Crippen molar-refractivity contribution in [1.82, 2.24) is 0 Å². The van der Waals surface area contributed by atoms with Gasteiger partial charge in [0.05, 0.1) is 19.8 Å². The first-order chi connectivity index (χ1) is 38.2. The highest BCUT2D eigenvalue weighted by atomic mass is 31.2. The number of hydrogen-bond acceptors (Lipinski definition) is 10. The molecule has 0 saturated carbocycles. The van der Waals surface area contributed by atoms with Gasteiger partial charge in [0.1, 0.15) is 12.7 Å². The molecule has 0 rings (SSSR count). The molecule has 12 heteroatoms. The van der Waals surface area contributed by atoms with Crippen LogP contribution in [-0.2, 0) is 42.2 Å². The van der Waals surface area contributed by atoms with Gasteiger partial charge in [-0.3, -0.25) is 23.4 Å². The van der Waals surface area contributed by atoms with Gasteiger partial charge in [0.2, 0.25) is 0 Å². The summed E-state index contributed by atoms with van der Waals surface area (Å²) in [5.41, 5.74) is 0. The van der Waals surface area contributed by atoms with Crippen LogP contribution in [0.4, 0.5) is 0 Å². The summed E-state index contributed by atoms with van der Waals surface area (Å²) in [6.45, 7) is 4.63. The smallest absolute Gasteiger partial charge is 0.462 e. The van der Waals surface area contributed by atoms with E-state index in [1.165, 1.54) is 122 Å². The highest BCUT2D eigenvalue weighted by Crippen LogP contribution is 2.43. The molecule has 0 aromatic rings. The third-order valence-electron chi connectivity index (χ3n) is 13.9. The minimum Gasteiger partial charge on any atom is -0.462 e. The van der Waals surface area contributed by atoms with E-state index in [0.717, 1.165) is 122 Å². The zero-order valence-corrected chi connectivity index (χ0v) is 51.3. The Kier molecular flexibility index (Phi) is 58.1. The van der Waals surface area contributed by atoms with Gasteiger partial charge >= 0.3 is 25.7 Å². The maximum absolute atomic E-state index is 12.9. The summed E-state index contributed by atoms with van der Waals surface area (Å²) in [6.07, 6.45) is 67.3. The summed E-state index contributed by atoms with van der Waals surface area (Å²) in [6, 6.07) is 0. The molecular formula is C66H119O11P. The van der Waals surface area contributed by atoms with E-state index in [4.69, 9.17) is 23.3 Å². The maximum Gasteiger partial charge on any atom is 0.472 e. The standard InChI is InChI=1S/C66H119O11P/c1-4-7-10-13-16-19-22-25-28-30-31-33-35-37-40-43-46-49-52-55-64(68)73-59-63(77-66(70)57-54-51-48-45-42-39-36-32-29-26-23-20-17-14-11-8-5-2)61-75-78(71,72)74-60-62(58-67)76-65(69)56-53-50-47-44-41-38-34-27-24-21-18-15-12-9-6-3/h16,19,25-29,31,33-34,62-63,67H,4-15,17-18,20-24,30,32,35-61H2,1-3H3,(H,71,72)/b19-16-,28-25-,29-26-,33-31-,34-27-. The second kappa shape index (κ2) is 60.3. The van der Waals surface area contributed by atoms with Crippen molar-refractivity contribution in [1.29, 1.82) is 0 Å². The van der Waals surface area contributed by atoms with Crippen LogP contribution in [0.2, 0.25) is 0 Å². The van der Waals surface area contributed by atoms with Crippen LogP contribution in [-0.4, -0.2) is 66.5 Å². The molecule has 0 fully saturated rings. The van der Waals surface area contributed by atoms with Crippen LogP contribution >= 0.6 is 7.82 Å². The normalized spacial score (nSPS) is 13.7. The van der Waals surface area contributed by atoms with Crippen LogP contribution in [0.25, 0.3) is 0 Å². The quantitative estimate of drug-likeness (QED) is 0.0197. The third kappa shape index (κ3) is 57.9. The Morgan fingerprint density at radius 2 is 0.628 bits per heavy atom. The van der Waals surface area contributed by atoms with Crippen molar-refractivity contribution >= 4 is 25.7 Å². The molecule has 454 valence electrons. The Bertz CT molecular complexity index is 1540. The van der Waals surface area contributed by atoms with Crippen molar-refractivity contribution in [3.05, 3.63) is 60.8 Å². The van der Waals surface area contributed by atoms with E-state index in [1.54, 1.807) is 0 Å². The van der Waals surface area contributed by atoms with Crippen molar-refractivity contribution in [2.75, 3.05) is 26.4 Å². The average molecular weight is 1120 g/mol. The second-order valence-electron chi connectivity index (χ2n) is 21.6. The van der Waals surface area contributed by atoms with E-state index < -0.39 is 57.8 Å². The van der Waals surface area contributed by atoms with E-state index in [1.807, 2.05) is 0 Å². The number of phosphoric acid groups is 1. The number of aliphatic hydroxyl groups excluding tert-OH is 1. The average Bonchev–Trinajstić information content (AvgIpc) is 3.43. The SMILES string of the molecule is CCCCC/C=C\C/C=C\C/C=C\CCCCCCCCC(=O)OCC(COP(=O)(O)OCC(CO)OC(=O)CCCCCCC/C=C\CCCCCCCC)OC(=O)CCCCCCCCC/C=C\CCCCCCCC. The van der Waals surface area contributed by atoms with E-state index in [-0.39, 0.29) is 25.9 Å². The lowest BCUT2D eigenvalue weighted by atomic mass is 10.1. The van der Waals surface area contributed by atoms with Crippen LogP contribution < -0.4 is 0 Å². The van der Waals surface area contributed by atoms with Crippen molar-refractivity contribution in [3.8, 4) is 0 Å². The summed E-state index contributed by atoms with van der Waals surface area (Å²) in [5, 5.41) is 9.84. The van der Waals surface area contributed by atoms with Gasteiger partial charge in [0.15, 0.2) is 6.10 Å². The summed E-state index contributed by atoms with van der Waals surface area (Å²) < 4.78 is 39.7. The predicted molar refractivity (Wildman–Crippen MR) is 325 cm³/mol. The molecule has 0 saturated heterocycles. The van der Waals surface area contributed by atoms with Gasteiger partial charge in [0.25, 0.3) is 0 Å². The molecule has 0 spiro atoms. The maximum atomic E-state index is 12.9. The Hall–Kier alpha value is -2.82. The van der Waals surface area contributed by atoms with E-state index in [9.17, 15) is 28.9 Å². The van der Waals surface area contributed by atoms with Crippen molar-refractivity contribution in [2.24, 2.45) is 0 Å². The molecule has 0 aromatic heterocycles. The fourth-order valence-corrected chi connectivity index (χ4v) is 9.73. The van der Waals surface area contributed by atoms with Gasteiger partial charge in [-0.1, -0.05) is 236 Å². The van der Waals surface area contributed by atoms with E-state index >= 15 is 0 Å². The summed E-state index contributed by atoms with van der Waals surface area (Å²) >= 11 is 0. The first kappa shape index (κ1) is 75.2. The Morgan fingerprint density at radius 1 is 0.359 bits per heavy atom. The van der Waals surface area contributed by atoms with E-state index in [0.29, 0.717) is 19.3 Å². The number of esters is 3. The number of phosphoric ester groups is 1. The zero-order chi connectivity index (χ0) is 56.9. The molecule has 0 radical (unpaired) electrons. The fourth-order valence-electron chi connectivity index (χ4n) is 8.94. The lowest BCUT2D eigenvalue weighted by Gasteiger charge is -2.21. The van der Waals surface area contributed by atoms with Crippen LogP contribution in [0.1, 0.15) is 303 Å². The zero-order valence-electron chi connectivity index (χ0n) is 50.4. The van der Waals surface area contributed by atoms with Crippen molar-refractivity contribution in [3.63, 3.8) is 0 Å². The lowest BCUT2D eigenvalue weighted by Crippen LogP contribution is -2.30. The molecule has 3 atom stereocenters. The van der Waals surface area contributed by atoms with Crippen molar-refractivity contribution in [2.45, 2.75) is 315 Å². The van der Waals surface area contributed by atoms with Gasteiger partial charge in [0, 0.05) is 19.3 Å². The molecule has 78 heavy (non-hydrogen) atoms. The number of carbonyl (C=O) groups is 3. The molecule has 0 aliphatic rings. The molecule has 0 amide bonds. The first-order valence-corrected chi connectivity index (χ1v) is 33.7. The summed E-state index contributed by atoms with van der Waals surface area (Å²) in [5.74, 6) is -1.48. The van der Waals surface area contributed by atoms with Crippen LogP contribution in [0, 0.1) is 0 Å². The molecule has 3 unspecified atom stereocenters. The predicted octanol–water partition coefficient (Wildman–Crippen LogP) is 19.5. The van der Waals surface area contributed by atoms with Gasteiger partial charge in [-0.15, -0.1) is 0 Å². The summed E-state index contributed by atoms with van der Waals surface area (Å²) in [7, 11) is -4.76. The van der Waals surface area contributed by atoms with Gasteiger partial charge < -0.3 is 24.2 Å². The number of unbranched alkanes of at least 4 members (excludes halogenated alkanes) is 33. The Labute approximate surface area is 478 Å². The Balaban J connectivity index is 4.73. The molecule has 0 aliphatic carbocycles. The highest BCUT2D eigenvalue weighted by molar-refractivity contribution is 7.47. The third-order valence-corrected chi connectivity index (χ3v) is 14.8. The van der Waals surface area contributed by atoms with E-state index in [2.05, 4.69) is 81.5 Å². The van der Waals surface area contributed by atoms with Gasteiger partial charge in [-0.05, 0) is 109 Å². The molecule has 2 N–H and O–H groups in total. The monoisotopic (exact) mass is 1120 g/mol. The molecule has 0 heterocycles. The molecule has 0 aromatic carbocycles. The molecular weight excluding hydrogens is 1000 g/mol. The van der Waals surface area contributed by atoms with Crippen LogP contribution in [0.3, 0.4) is 0 Å².